The molecule has 0 saturated carbocycles. The highest BCUT2D eigenvalue weighted by Crippen LogP contribution is 2.11. The third kappa shape index (κ3) is 4.06. The summed E-state index contributed by atoms with van der Waals surface area (Å²) in [5.74, 6) is 0. The van der Waals surface area contributed by atoms with Gasteiger partial charge in [-0.15, -0.1) is 0 Å². The molecule has 0 amide bonds. The zero-order chi connectivity index (χ0) is 10.1. The van der Waals surface area contributed by atoms with Gasteiger partial charge in [-0.1, -0.05) is 39.2 Å². The van der Waals surface area contributed by atoms with Crippen LogP contribution in [0, 0.1) is 0 Å². The zero-order valence-corrected chi connectivity index (χ0v) is 8.51. The minimum atomic E-state index is 0.356. The molecule has 0 unspecified atom stereocenters. The number of rotatable bonds is 2. The van der Waals surface area contributed by atoms with Crippen molar-refractivity contribution in [2.24, 2.45) is 0 Å². The Hall–Kier alpha value is -0.860. The van der Waals surface area contributed by atoms with Crippen molar-refractivity contribution < 1.29 is 9.47 Å². The molecule has 0 aromatic carbocycles. The van der Waals surface area contributed by atoms with Gasteiger partial charge in [0.15, 0.2) is 0 Å². The first-order valence-electron chi connectivity index (χ1n) is 4.51. The largest absolute Gasteiger partial charge is 0.351 e. The first-order valence-corrected chi connectivity index (χ1v) is 4.51. The summed E-state index contributed by atoms with van der Waals surface area (Å²) in [6, 6.07) is 0. The van der Waals surface area contributed by atoms with Crippen LogP contribution in [0.15, 0.2) is 36.5 Å². The standard InChI is InChI=1S/C9H12O2.C2H6/c1-3-8-5-10-7-11-6-9(8)4-2;1-2/h3-4H,1-2,5-7H2;1-2H3. The van der Waals surface area contributed by atoms with Crippen LogP contribution in [0.3, 0.4) is 0 Å². The summed E-state index contributed by atoms with van der Waals surface area (Å²) in [6.45, 7) is 12.9. The second-order valence-corrected chi connectivity index (χ2v) is 2.27. The molecule has 0 aliphatic carbocycles. The van der Waals surface area contributed by atoms with Crippen LogP contribution in [0.4, 0.5) is 0 Å². The summed E-state index contributed by atoms with van der Waals surface area (Å²) in [5.41, 5.74) is 2.13. The fourth-order valence-electron chi connectivity index (χ4n) is 0.928. The van der Waals surface area contributed by atoms with Gasteiger partial charge in [0.1, 0.15) is 6.79 Å². The Bertz CT molecular complexity index is 172. The van der Waals surface area contributed by atoms with Gasteiger partial charge in [-0.3, -0.25) is 0 Å². The molecule has 0 atom stereocenters. The van der Waals surface area contributed by atoms with Crippen molar-refractivity contribution in [1.29, 1.82) is 0 Å². The normalized spacial score (nSPS) is 16.8. The van der Waals surface area contributed by atoms with Crippen LogP contribution < -0.4 is 0 Å². The van der Waals surface area contributed by atoms with Crippen molar-refractivity contribution in [3.05, 3.63) is 36.5 Å². The summed E-state index contributed by atoms with van der Waals surface area (Å²) in [6.07, 6.45) is 3.57. The van der Waals surface area contributed by atoms with Crippen molar-refractivity contribution in [2.45, 2.75) is 13.8 Å². The van der Waals surface area contributed by atoms with E-state index in [-0.39, 0.29) is 0 Å². The lowest BCUT2D eigenvalue weighted by atomic mass is 10.1. The van der Waals surface area contributed by atoms with Gasteiger partial charge in [0.05, 0.1) is 13.2 Å². The molecule has 0 N–H and O–H groups in total. The van der Waals surface area contributed by atoms with Crippen LogP contribution in [0.2, 0.25) is 0 Å². The zero-order valence-electron chi connectivity index (χ0n) is 8.51. The van der Waals surface area contributed by atoms with Gasteiger partial charge in [-0.05, 0) is 11.1 Å². The van der Waals surface area contributed by atoms with Gasteiger partial charge in [0.2, 0.25) is 0 Å². The molecule has 0 aromatic heterocycles. The summed E-state index contributed by atoms with van der Waals surface area (Å²) in [7, 11) is 0. The molecule has 1 heterocycles. The average molecular weight is 182 g/mol. The molecular formula is C11H18O2. The first-order chi connectivity index (χ1) is 6.38. The molecule has 0 saturated heterocycles. The van der Waals surface area contributed by atoms with Crippen molar-refractivity contribution in [3.8, 4) is 0 Å². The van der Waals surface area contributed by atoms with Crippen molar-refractivity contribution in [3.63, 3.8) is 0 Å². The molecule has 2 nitrogen and oxygen atoms in total. The molecule has 13 heavy (non-hydrogen) atoms. The second-order valence-electron chi connectivity index (χ2n) is 2.27. The third-order valence-electron chi connectivity index (χ3n) is 1.59. The monoisotopic (exact) mass is 182 g/mol. The van der Waals surface area contributed by atoms with Gasteiger partial charge in [-0.25, -0.2) is 0 Å². The van der Waals surface area contributed by atoms with E-state index < -0.39 is 0 Å². The Morgan fingerprint density at radius 3 is 1.69 bits per heavy atom. The van der Waals surface area contributed by atoms with E-state index in [9.17, 15) is 0 Å². The third-order valence-corrected chi connectivity index (χ3v) is 1.59. The molecular weight excluding hydrogens is 164 g/mol. The Morgan fingerprint density at radius 2 is 1.38 bits per heavy atom. The first kappa shape index (κ1) is 12.1. The van der Waals surface area contributed by atoms with Crippen LogP contribution in [-0.2, 0) is 9.47 Å². The predicted octanol–water partition coefficient (Wildman–Crippen LogP) is 2.69. The van der Waals surface area contributed by atoms with Gasteiger partial charge >= 0.3 is 0 Å². The van der Waals surface area contributed by atoms with Gasteiger partial charge in [0, 0.05) is 0 Å². The smallest absolute Gasteiger partial charge is 0.147 e. The highest BCUT2D eigenvalue weighted by Gasteiger charge is 2.05. The molecule has 0 radical (unpaired) electrons. The summed E-state index contributed by atoms with van der Waals surface area (Å²) in [4.78, 5) is 0. The lowest BCUT2D eigenvalue weighted by Gasteiger charge is -2.00. The molecule has 1 rings (SSSR count). The van der Waals surface area contributed by atoms with Crippen molar-refractivity contribution in [2.75, 3.05) is 20.0 Å². The van der Waals surface area contributed by atoms with Crippen LogP contribution in [0.25, 0.3) is 0 Å². The van der Waals surface area contributed by atoms with E-state index in [0.29, 0.717) is 20.0 Å². The Balaban J connectivity index is 0.000000671. The summed E-state index contributed by atoms with van der Waals surface area (Å²) in [5, 5.41) is 0. The maximum absolute atomic E-state index is 5.13. The van der Waals surface area contributed by atoms with Gasteiger partial charge < -0.3 is 9.47 Å². The molecule has 0 spiro atoms. The topological polar surface area (TPSA) is 18.5 Å². The van der Waals surface area contributed by atoms with Crippen LogP contribution in [0.1, 0.15) is 13.8 Å². The van der Waals surface area contributed by atoms with Crippen LogP contribution in [0.5, 0.6) is 0 Å². The minimum Gasteiger partial charge on any atom is -0.351 e. The van der Waals surface area contributed by atoms with E-state index in [1.54, 1.807) is 12.2 Å². The number of hydrogen-bond acceptors (Lipinski definition) is 2. The molecule has 0 aromatic rings. The SMILES string of the molecule is C=CC1=C(C=C)COCOC1.CC. The van der Waals surface area contributed by atoms with E-state index in [4.69, 9.17) is 9.47 Å². The van der Waals surface area contributed by atoms with Gasteiger partial charge in [0.25, 0.3) is 0 Å². The summed E-state index contributed by atoms with van der Waals surface area (Å²) < 4.78 is 10.3. The maximum atomic E-state index is 5.13. The van der Waals surface area contributed by atoms with E-state index in [1.165, 1.54) is 0 Å². The molecule has 2 heteroatoms. The van der Waals surface area contributed by atoms with E-state index in [2.05, 4.69) is 13.2 Å². The maximum Gasteiger partial charge on any atom is 0.147 e. The molecule has 74 valence electrons. The van der Waals surface area contributed by atoms with Crippen LogP contribution >= 0.6 is 0 Å². The molecule has 1 aliphatic rings. The molecule has 0 bridgehead atoms. The minimum absolute atomic E-state index is 0.356. The van der Waals surface area contributed by atoms with Crippen molar-refractivity contribution >= 4 is 0 Å². The fraction of sp³-hybridized carbons (Fsp3) is 0.455. The van der Waals surface area contributed by atoms with E-state index in [0.717, 1.165) is 11.1 Å². The highest BCUT2D eigenvalue weighted by molar-refractivity contribution is 5.32. The summed E-state index contributed by atoms with van der Waals surface area (Å²) >= 11 is 0. The lowest BCUT2D eigenvalue weighted by Crippen LogP contribution is -1.96. The Kier molecular flexibility index (Phi) is 7.26. The number of hydrogen-bond donors (Lipinski definition) is 0. The van der Waals surface area contributed by atoms with E-state index in [1.807, 2.05) is 13.8 Å². The van der Waals surface area contributed by atoms with E-state index >= 15 is 0 Å². The second kappa shape index (κ2) is 7.77. The lowest BCUT2D eigenvalue weighted by molar-refractivity contribution is -0.0284. The van der Waals surface area contributed by atoms with Gasteiger partial charge in [-0.2, -0.15) is 0 Å². The fourth-order valence-corrected chi connectivity index (χ4v) is 0.928. The highest BCUT2D eigenvalue weighted by atomic mass is 16.7. The Morgan fingerprint density at radius 1 is 1.00 bits per heavy atom. The predicted molar refractivity (Wildman–Crippen MR) is 55.5 cm³/mol. The average Bonchev–Trinajstić information content (AvgIpc) is 2.44. The van der Waals surface area contributed by atoms with Crippen molar-refractivity contribution in [1.82, 2.24) is 0 Å². The molecule has 0 fully saturated rings. The Labute approximate surface area is 80.5 Å². The quantitative estimate of drug-likeness (QED) is 0.653. The molecule has 1 aliphatic heterocycles. The van der Waals surface area contributed by atoms with Crippen LogP contribution in [-0.4, -0.2) is 20.0 Å². The number of ether oxygens (including phenoxy) is 2.